The lowest BCUT2D eigenvalue weighted by molar-refractivity contribution is 0.197. The van der Waals surface area contributed by atoms with Gasteiger partial charge in [0.25, 0.3) is 0 Å². The van der Waals surface area contributed by atoms with Crippen LogP contribution in [0, 0.1) is 19.7 Å². The van der Waals surface area contributed by atoms with Crippen molar-refractivity contribution in [2.24, 2.45) is 0 Å². The van der Waals surface area contributed by atoms with E-state index in [9.17, 15) is 4.39 Å². The van der Waals surface area contributed by atoms with Crippen LogP contribution in [0.4, 0.5) is 10.2 Å². The summed E-state index contributed by atoms with van der Waals surface area (Å²) in [5, 5.41) is 7.42. The molecule has 0 amide bonds. The first kappa shape index (κ1) is 21.2. The van der Waals surface area contributed by atoms with Crippen LogP contribution in [0.25, 0.3) is 11.3 Å². The molecule has 8 heteroatoms. The number of aryl methyl sites for hydroxylation is 2. The second-order valence-electron chi connectivity index (χ2n) is 7.29. The summed E-state index contributed by atoms with van der Waals surface area (Å²) in [5.74, 6) is 0.551. The minimum atomic E-state index is -0.265. The molecule has 0 radical (unpaired) electrons. The van der Waals surface area contributed by atoms with Gasteiger partial charge in [-0.1, -0.05) is 12.1 Å². The third-order valence-corrected chi connectivity index (χ3v) is 5.54. The molecule has 1 N–H and O–H groups in total. The number of H-pyrrole nitrogens is 1. The number of halogens is 2. The zero-order chi connectivity index (χ0) is 19.7. The molecule has 3 aromatic rings. The molecule has 2 aromatic heterocycles. The summed E-state index contributed by atoms with van der Waals surface area (Å²) in [6.07, 6.45) is 3.36. The Labute approximate surface area is 176 Å². The number of benzene rings is 1. The Bertz CT molecular complexity index is 948. The molecular weight excluding hydrogens is 391 g/mol. The second kappa shape index (κ2) is 8.88. The van der Waals surface area contributed by atoms with Crippen LogP contribution in [0.2, 0.25) is 0 Å². The smallest absolute Gasteiger partial charge is 0.155 e. The Morgan fingerprint density at radius 1 is 1.07 bits per heavy atom. The zero-order valence-corrected chi connectivity index (χ0v) is 17.7. The monoisotopic (exact) mass is 416 g/mol. The van der Waals surface area contributed by atoms with E-state index >= 15 is 0 Å². The van der Waals surface area contributed by atoms with Crippen molar-refractivity contribution in [3.63, 3.8) is 0 Å². The standard InChI is InChI=1S/C21H25FN6.ClH/c1-14-19(15(2)26-25-14)16(3)27-9-11-28(12-10-27)21-20(23-7-8-24-21)17-5-4-6-18(22)13-17;/h4-8,13,16H,9-12H2,1-3H3,(H,25,26);1H. The summed E-state index contributed by atoms with van der Waals surface area (Å²) in [5.41, 5.74) is 4.96. The number of nitrogens with one attached hydrogen (secondary N) is 1. The van der Waals surface area contributed by atoms with Crippen LogP contribution in [0.3, 0.4) is 0 Å². The maximum absolute atomic E-state index is 13.7. The quantitative estimate of drug-likeness (QED) is 0.698. The lowest BCUT2D eigenvalue weighted by Crippen LogP contribution is -2.47. The van der Waals surface area contributed by atoms with Crippen LogP contribution >= 0.6 is 12.4 Å². The molecule has 6 nitrogen and oxygen atoms in total. The van der Waals surface area contributed by atoms with Crippen molar-refractivity contribution < 1.29 is 4.39 Å². The molecule has 1 aliphatic heterocycles. The molecule has 4 rings (SSSR count). The van der Waals surface area contributed by atoms with E-state index in [-0.39, 0.29) is 18.2 Å². The molecule has 1 saturated heterocycles. The number of aromatic nitrogens is 4. The van der Waals surface area contributed by atoms with Crippen molar-refractivity contribution in [2.75, 3.05) is 31.1 Å². The first-order chi connectivity index (χ1) is 13.5. The van der Waals surface area contributed by atoms with Gasteiger partial charge >= 0.3 is 0 Å². The van der Waals surface area contributed by atoms with Crippen molar-refractivity contribution in [2.45, 2.75) is 26.8 Å². The number of anilines is 1. The Hall–Kier alpha value is -2.51. The van der Waals surface area contributed by atoms with Gasteiger partial charge < -0.3 is 4.90 Å². The van der Waals surface area contributed by atoms with Gasteiger partial charge in [-0.25, -0.2) is 9.37 Å². The molecule has 1 fully saturated rings. The van der Waals surface area contributed by atoms with Gasteiger partial charge in [-0.15, -0.1) is 12.4 Å². The van der Waals surface area contributed by atoms with E-state index in [1.54, 1.807) is 18.5 Å². The van der Waals surface area contributed by atoms with Crippen LogP contribution in [-0.2, 0) is 0 Å². The van der Waals surface area contributed by atoms with E-state index in [0.29, 0.717) is 6.04 Å². The highest BCUT2D eigenvalue weighted by Gasteiger charge is 2.27. The fraction of sp³-hybridized carbons (Fsp3) is 0.381. The van der Waals surface area contributed by atoms with Crippen molar-refractivity contribution in [3.8, 4) is 11.3 Å². The van der Waals surface area contributed by atoms with E-state index < -0.39 is 0 Å². The van der Waals surface area contributed by atoms with Gasteiger partial charge in [0.15, 0.2) is 5.82 Å². The molecular formula is C21H26ClFN6. The SMILES string of the molecule is Cc1n[nH]c(C)c1C(C)N1CCN(c2nccnc2-c2cccc(F)c2)CC1.Cl. The molecule has 1 unspecified atom stereocenters. The lowest BCUT2D eigenvalue weighted by Gasteiger charge is -2.39. The molecule has 0 spiro atoms. The average Bonchev–Trinajstić information content (AvgIpc) is 3.06. The van der Waals surface area contributed by atoms with Gasteiger partial charge in [0.05, 0.1) is 5.69 Å². The first-order valence-corrected chi connectivity index (χ1v) is 9.62. The predicted octanol–water partition coefficient (Wildman–Crippen LogP) is 3.93. The summed E-state index contributed by atoms with van der Waals surface area (Å²) in [7, 11) is 0. The van der Waals surface area contributed by atoms with Gasteiger partial charge in [-0.2, -0.15) is 5.10 Å². The second-order valence-corrected chi connectivity index (χ2v) is 7.29. The molecule has 154 valence electrons. The third-order valence-electron chi connectivity index (χ3n) is 5.54. The zero-order valence-electron chi connectivity index (χ0n) is 16.9. The molecule has 29 heavy (non-hydrogen) atoms. The van der Waals surface area contributed by atoms with Gasteiger partial charge in [0, 0.05) is 61.4 Å². The van der Waals surface area contributed by atoms with E-state index in [1.165, 1.54) is 17.7 Å². The minimum Gasteiger partial charge on any atom is -0.352 e. The van der Waals surface area contributed by atoms with Crippen molar-refractivity contribution in [1.82, 2.24) is 25.1 Å². The van der Waals surface area contributed by atoms with Gasteiger partial charge in [-0.3, -0.25) is 15.0 Å². The minimum absolute atomic E-state index is 0. The van der Waals surface area contributed by atoms with E-state index in [4.69, 9.17) is 0 Å². The fourth-order valence-corrected chi connectivity index (χ4v) is 4.08. The molecule has 0 saturated carbocycles. The number of hydrogen-bond donors (Lipinski definition) is 1. The summed E-state index contributed by atoms with van der Waals surface area (Å²) >= 11 is 0. The van der Waals surface area contributed by atoms with Crippen LogP contribution in [0.1, 0.15) is 29.9 Å². The van der Waals surface area contributed by atoms with Gasteiger partial charge in [0.1, 0.15) is 11.5 Å². The van der Waals surface area contributed by atoms with Crippen LogP contribution < -0.4 is 4.90 Å². The van der Waals surface area contributed by atoms with Crippen molar-refractivity contribution in [1.29, 1.82) is 0 Å². The molecule has 0 bridgehead atoms. The Morgan fingerprint density at radius 3 is 2.45 bits per heavy atom. The largest absolute Gasteiger partial charge is 0.352 e. The summed E-state index contributed by atoms with van der Waals surface area (Å²) in [6, 6.07) is 6.85. The number of hydrogen-bond acceptors (Lipinski definition) is 5. The first-order valence-electron chi connectivity index (χ1n) is 9.62. The molecule has 1 aromatic carbocycles. The Morgan fingerprint density at radius 2 is 1.79 bits per heavy atom. The summed E-state index contributed by atoms with van der Waals surface area (Å²) in [6.45, 7) is 9.90. The lowest BCUT2D eigenvalue weighted by atomic mass is 10.0. The number of piperazine rings is 1. The number of rotatable bonds is 4. The third kappa shape index (κ3) is 4.26. The van der Waals surface area contributed by atoms with Gasteiger partial charge in [-0.05, 0) is 32.9 Å². The molecule has 1 atom stereocenters. The maximum Gasteiger partial charge on any atom is 0.155 e. The molecule has 0 aliphatic carbocycles. The predicted molar refractivity (Wildman–Crippen MR) is 115 cm³/mol. The highest BCUT2D eigenvalue weighted by molar-refractivity contribution is 5.85. The van der Waals surface area contributed by atoms with Crippen molar-refractivity contribution >= 4 is 18.2 Å². The average molecular weight is 417 g/mol. The maximum atomic E-state index is 13.7. The van der Waals surface area contributed by atoms with Crippen LogP contribution in [0.5, 0.6) is 0 Å². The number of nitrogens with zero attached hydrogens (tertiary/aromatic N) is 5. The van der Waals surface area contributed by atoms with Crippen LogP contribution in [0.15, 0.2) is 36.7 Å². The van der Waals surface area contributed by atoms with E-state index in [0.717, 1.165) is 54.6 Å². The summed E-state index contributed by atoms with van der Waals surface area (Å²) < 4.78 is 13.7. The van der Waals surface area contributed by atoms with E-state index in [2.05, 4.69) is 50.7 Å². The number of aromatic amines is 1. The molecule has 1 aliphatic rings. The normalized spacial score (nSPS) is 15.8. The fourth-order valence-electron chi connectivity index (χ4n) is 4.08. The highest BCUT2D eigenvalue weighted by Crippen LogP contribution is 2.30. The Kier molecular flexibility index (Phi) is 6.49. The van der Waals surface area contributed by atoms with Crippen molar-refractivity contribution in [3.05, 3.63) is 59.4 Å². The van der Waals surface area contributed by atoms with Crippen LogP contribution in [-0.4, -0.2) is 51.2 Å². The highest BCUT2D eigenvalue weighted by atomic mass is 35.5. The van der Waals surface area contributed by atoms with E-state index in [1.807, 2.05) is 6.07 Å². The van der Waals surface area contributed by atoms with Gasteiger partial charge in [0.2, 0.25) is 0 Å². The summed E-state index contributed by atoms with van der Waals surface area (Å²) in [4.78, 5) is 13.8. The topological polar surface area (TPSA) is 60.9 Å². The molecule has 3 heterocycles. The Balaban J connectivity index is 0.00000240.